The molecule has 0 saturated carbocycles. The van der Waals surface area contributed by atoms with Crippen LogP contribution in [0.3, 0.4) is 0 Å². The lowest BCUT2D eigenvalue weighted by atomic mass is 9.65. The highest BCUT2D eigenvalue weighted by atomic mass is 15.3. The van der Waals surface area contributed by atoms with Gasteiger partial charge in [0, 0.05) is 17.6 Å². The molecule has 0 aliphatic carbocycles. The minimum atomic E-state index is 0.198. The zero-order valence-corrected chi connectivity index (χ0v) is 18.3. The lowest BCUT2D eigenvalue weighted by molar-refractivity contribution is -0.0845. The van der Waals surface area contributed by atoms with E-state index < -0.39 is 0 Å². The molecule has 1 aliphatic heterocycles. The van der Waals surface area contributed by atoms with Crippen LogP contribution < -0.4 is 0 Å². The maximum atomic E-state index is 2.93. The molecule has 0 aromatic rings. The lowest BCUT2D eigenvalue weighted by Gasteiger charge is -2.57. The Morgan fingerprint density at radius 2 is 1.09 bits per heavy atom. The van der Waals surface area contributed by atoms with E-state index in [1.807, 2.05) is 0 Å². The second kappa shape index (κ2) is 6.36. The highest BCUT2D eigenvalue weighted by molar-refractivity contribution is 5.03. The smallest absolute Gasteiger partial charge is 0.0185 e. The summed E-state index contributed by atoms with van der Waals surface area (Å²) < 4.78 is 0. The van der Waals surface area contributed by atoms with Crippen LogP contribution >= 0.6 is 0 Å². The van der Waals surface area contributed by atoms with Gasteiger partial charge in [-0.1, -0.05) is 68.7 Å². The Kier molecular flexibility index (Phi) is 5.80. The van der Waals surface area contributed by atoms with Gasteiger partial charge in [-0.25, -0.2) is 0 Å². The van der Waals surface area contributed by atoms with Crippen molar-refractivity contribution in [3.05, 3.63) is 0 Å². The fourth-order valence-electron chi connectivity index (χ4n) is 4.88. The SMILES string of the molecule is CC(C)(C)C1CCCC(C(C)(C)C)N(C(C)(C)C)C1C(C)(C)C. The molecule has 0 bridgehead atoms. The van der Waals surface area contributed by atoms with Gasteiger partial charge in [0.2, 0.25) is 0 Å². The Morgan fingerprint density at radius 3 is 1.39 bits per heavy atom. The first-order chi connectivity index (χ1) is 9.97. The van der Waals surface area contributed by atoms with E-state index in [2.05, 4.69) is 88.0 Å². The molecule has 1 aliphatic rings. The Bertz CT molecular complexity index is 342. The van der Waals surface area contributed by atoms with Crippen molar-refractivity contribution in [2.45, 2.75) is 120 Å². The zero-order valence-electron chi connectivity index (χ0n) is 18.3. The van der Waals surface area contributed by atoms with Gasteiger partial charge in [-0.3, -0.25) is 4.90 Å². The third-order valence-corrected chi connectivity index (χ3v) is 5.78. The van der Waals surface area contributed by atoms with Gasteiger partial charge in [-0.15, -0.1) is 0 Å². The molecule has 0 radical (unpaired) electrons. The minimum absolute atomic E-state index is 0.198. The summed E-state index contributed by atoms with van der Waals surface area (Å²) in [5.41, 5.74) is 1.17. The molecule has 138 valence electrons. The molecule has 0 spiro atoms. The van der Waals surface area contributed by atoms with Crippen LogP contribution in [0.5, 0.6) is 0 Å². The number of hydrogen-bond donors (Lipinski definition) is 0. The maximum absolute atomic E-state index is 2.93. The van der Waals surface area contributed by atoms with E-state index in [1.165, 1.54) is 19.3 Å². The van der Waals surface area contributed by atoms with Gasteiger partial charge in [0.25, 0.3) is 0 Å². The Labute approximate surface area is 147 Å². The summed E-state index contributed by atoms with van der Waals surface area (Å²) in [5.74, 6) is 0.745. The monoisotopic (exact) mass is 323 g/mol. The average Bonchev–Trinajstić information content (AvgIpc) is 2.44. The van der Waals surface area contributed by atoms with Gasteiger partial charge in [-0.05, 0) is 55.8 Å². The van der Waals surface area contributed by atoms with E-state index in [4.69, 9.17) is 0 Å². The molecule has 1 heterocycles. The van der Waals surface area contributed by atoms with Crippen LogP contribution in [-0.4, -0.2) is 22.5 Å². The second-order valence-corrected chi connectivity index (χ2v) is 12.2. The third-order valence-electron chi connectivity index (χ3n) is 5.78. The second-order valence-electron chi connectivity index (χ2n) is 12.2. The fourth-order valence-corrected chi connectivity index (χ4v) is 4.88. The van der Waals surface area contributed by atoms with Gasteiger partial charge in [-0.2, -0.15) is 0 Å². The molecule has 1 rings (SSSR count). The molecular formula is C22H45N. The van der Waals surface area contributed by atoms with Crippen molar-refractivity contribution in [3.8, 4) is 0 Å². The largest absolute Gasteiger partial charge is 0.291 e. The number of nitrogens with zero attached hydrogens (tertiary/aromatic N) is 1. The molecule has 0 aromatic heterocycles. The summed E-state index contributed by atoms with van der Waals surface area (Å²) >= 11 is 0. The molecule has 1 nitrogen and oxygen atoms in total. The van der Waals surface area contributed by atoms with Crippen molar-refractivity contribution < 1.29 is 0 Å². The van der Waals surface area contributed by atoms with Crippen LogP contribution in [0.2, 0.25) is 0 Å². The normalized spacial score (nSPS) is 29.5. The predicted molar refractivity (Wildman–Crippen MR) is 105 cm³/mol. The van der Waals surface area contributed by atoms with E-state index in [9.17, 15) is 0 Å². The molecule has 3 atom stereocenters. The van der Waals surface area contributed by atoms with Crippen molar-refractivity contribution in [2.75, 3.05) is 0 Å². The third kappa shape index (κ3) is 4.97. The Hall–Kier alpha value is -0.0400. The van der Waals surface area contributed by atoms with Gasteiger partial charge in [0.15, 0.2) is 0 Å². The van der Waals surface area contributed by atoms with Gasteiger partial charge < -0.3 is 0 Å². The van der Waals surface area contributed by atoms with Crippen molar-refractivity contribution in [1.82, 2.24) is 4.90 Å². The summed E-state index contributed by atoms with van der Waals surface area (Å²) in [6.07, 6.45) is 4.06. The highest BCUT2D eigenvalue weighted by Crippen LogP contribution is 2.49. The van der Waals surface area contributed by atoms with Crippen LogP contribution in [0, 0.1) is 22.2 Å². The summed E-state index contributed by atoms with van der Waals surface area (Å²) in [5, 5.41) is 0. The molecule has 3 unspecified atom stereocenters. The van der Waals surface area contributed by atoms with E-state index in [0.29, 0.717) is 28.3 Å². The van der Waals surface area contributed by atoms with E-state index in [0.717, 1.165) is 5.92 Å². The number of rotatable bonds is 0. The van der Waals surface area contributed by atoms with Gasteiger partial charge >= 0.3 is 0 Å². The number of likely N-dealkylation sites (tertiary alicyclic amines) is 1. The molecule has 0 N–H and O–H groups in total. The fraction of sp³-hybridized carbons (Fsp3) is 1.00. The first-order valence-electron chi connectivity index (χ1n) is 9.76. The van der Waals surface area contributed by atoms with Crippen molar-refractivity contribution in [2.24, 2.45) is 22.2 Å². The van der Waals surface area contributed by atoms with Crippen molar-refractivity contribution in [1.29, 1.82) is 0 Å². The van der Waals surface area contributed by atoms with Gasteiger partial charge in [0.1, 0.15) is 0 Å². The predicted octanol–water partition coefficient (Wildman–Crippen LogP) is 6.76. The molecule has 0 amide bonds. The zero-order chi connectivity index (χ0) is 18.4. The first-order valence-corrected chi connectivity index (χ1v) is 9.76. The molecule has 1 saturated heterocycles. The quantitative estimate of drug-likeness (QED) is 0.476. The van der Waals surface area contributed by atoms with Crippen molar-refractivity contribution >= 4 is 0 Å². The van der Waals surface area contributed by atoms with Gasteiger partial charge in [0.05, 0.1) is 0 Å². The van der Waals surface area contributed by atoms with Crippen LogP contribution in [0.4, 0.5) is 0 Å². The van der Waals surface area contributed by atoms with Crippen LogP contribution in [-0.2, 0) is 0 Å². The topological polar surface area (TPSA) is 3.24 Å². The van der Waals surface area contributed by atoms with Crippen molar-refractivity contribution in [3.63, 3.8) is 0 Å². The highest BCUT2D eigenvalue weighted by Gasteiger charge is 2.50. The minimum Gasteiger partial charge on any atom is -0.291 e. The van der Waals surface area contributed by atoms with E-state index in [1.54, 1.807) is 0 Å². The molecule has 1 heteroatoms. The summed E-state index contributed by atoms with van der Waals surface area (Å²) in [6.45, 7) is 29.3. The molecule has 23 heavy (non-hydrogen) atoms. The lowest BCUT2D eigenvalue weighted by Crippen LogP contribution is -2.63. The standard InChI is InChI=1S/C22H45N/c1-19(2,3)16-14-13-15-17(20(4,5)6)23(22(10,11)12)18(16)21(7,8)9/h16-18H,13-15H2,1-12H3. The van der Waals surface area contributed by atoms with Crippen LogP contribution in [0.15, 0.2) is 0 Å². The Morgan fingerprint density at radius 1 is 0.609 bits per heavy atom. The summed E-state index contributed by atoms with van der Waals surface area (Å²) in [7, 11) is 0. The maximum Gasteiger partial charge on any atom is 0.0185 e. The van der Waals surface area contributed by atoms with Crippen LogP contribution in [0.25, 0.3) is 0 Å². The Balaban J connectivity index is 3.53. The summed E-state index contributed by atoms with van der Waals surface area (Å²) in [6, 6.07) is 1.27. The van der Waals surface area contributed by atoms with Crippen LogP contribution in [0.1, 0.15) is 102 Å². The van der Waals surface area contributed by atoms with E-state index in [-0.39, 0.29) is 5.54 Å². The molecule has 1 fully saturated rings. The molecule has 0 aromatic carbocycles. The number of hydrogen-bond acceptors (Lipinski definition) is 1. The van der Waals surface area contributed by atoms with E-state index >= 15 is 0 Å². The first kappa shape index (κ1) is 21.0. The molecular weight excluding hydrogens is 278 g/mol. The average molecular weight is 324 g/mol. The summed E-state index contributed by atoms with van der Waals surface area (Å²) in [4.78, 5) is 2.93.